The number of rotatable bonds is 7. The lowest BCUT2D eigenvalue weighted by Crippen LogP contribution is -2.44. The molecule has 7 heteroatoms. The largest absolute Gasteiger partial charge is 0.467 e. The van der Waals surface area contributed by atoms with Crippen LogP contribution in [0.15, 0.2) is 40.3 Å². The average Bonchev–Trinajstić information content (AvgIpc) is 3.38. The number of nitrogens with zero attached hydrogens (tertiary/aromatic N) is 2. The molecule has 1 saturated heterocycles. The fourth-order valence-electron chi connectivity index (χ4n) is 3.20. The second-order valence-electron chi connectivity index (χ2n) is 6.38. The van der Waals surface area contributed by atoms with Crippen molar-refractivity contribution in [3.63, 3.8) is 0 Å². The van der Waals surface area contributed by atoms with Crippen molar-refractivity contribution in [2.45, 2.75) is 19.4 Å². The van der Waals surface area contributed by atoms with E-state index < -0.39 is 0 Å². The first kappa shape index (κ1) is 18.7. The second kappa shape index (κ2) is 9.00. The summed E-state index contributed by atoms with van der Waals surface area (Å²) in [6.07, 6.45) is 3.00. The maximum atomic E-state index is 13.0. The minimum atomic E-state index is -0.0609. The van der Waals surface area contributed by atoms with E-state index in [4.69, 9.17) is 9.15 Å². The zero-order valence-corrected chi connectivity index (χ0v) is 15.7. The summed E-state index contributed by atoms with van der Waals surface area (Å²) in [7, 11) is 1.63. The first-order chi connectivity index (χ1) is 12.7. The van der Waals surface area contributed by atoms with Crippen LogP contribution in [0.4, 0.5) is 0 Å². The summed E-state index contributed by atoms with van der Waals surface area (Å²) in [6.45, 7) is 2.70. The third-order valence-corrected chi connectivity index (χ3v) is 5.53. The molecule has 2 aromatic rings. The van der Waals surface area contributed by atoms with E-state index in [1.54, 1.807) is 18.3 Å². The third kappa shape index (κ3) is 4.53. The van der Waals surface area contributed by atoms with Gasteiger partial charge in [-0.15, -0.1) is 11.3 Å². The van der Waals surface area contributed by atoms with Gasteiger partial charge in [-0.25, -0.2) is 0 Å². The molecule has 3 heterocycles. The van der Waals surface area contributed by atoms with Crippen LogP contribution < -0.4 is 0 Å². The number of carbonyl (C=O) groups excluding carboxylic acids is 2. The summed E-state index contributed by atoms with van der Waals surface area (Å²) >= 11 is 1.46. The number of methoxy groups -OCH3 is 1. The zero-order valence-electron chi connectivity index (χ0n) is 14.9. The summed E-state index contributed by atoms with van der Waals surface area (Å²) < 4.78 is 10.5. The van der Waals surface area contributed by atoms with Crippen LogP contribution in [0.1, 0.15) is 28.3 Å². The fourth-order valence-corrected chi connectivity index (χ4v) is 3.89. The molecule has 0 aromatic carbocycles. The minimum Gasteiger partial charge on any atom is -0.467 e. The topological polar surface area (TPSA) is 63.0 Å². The van der Waals surface area contributed by atoms with Crippen LogP contribution in [-0.2, 0) is 16.1 Å². The fraction of sp³-hybridized carbons (Fsp3) is 0.474. The molecule has 1 aliphatic heterocycles. The molecular formula is C19H24N2O4S. The highest BCUT2D eigenvalue weighted by Crippen LogP contribution is 2.23. The van der Waals surface area contributed by atoms with Gasteiger partial charge < -0.3 is 19.0 Å². The van der Waals surface area contributed by atoms with Crippen LogP contribution in [0.5, 0.6) is 0 Å². The third-order valence-electron chi connectivity index (χ3n) is 4.67. The molecule has 0 unspecified atom stereocenters. The van der Waals surface area contributed by atoms with E-state index in [0.717, 1.165) is 10.6 Å². The first-order valence-electron chi connectivity index (χ1n) is 8.82. The van der Waals surface area contributed by atoms with Crippen molar-refractivity contribution in [1.29, 1.82) is 0 Å². The van der Waals surface area contributed by atoms with Gasteiger partial charge in [0.25, 0.3) is 5.91 Å². The molecule has 26 heavy (non-hydrogen) atoms. The standard InChI is InChI=1S/C19H24N2O4S/c1-24-12-10-21(14-16-4-2-11-25-16)18(22)15-6-8-20(9-7-15)19(23)17-5-3-13-26-17/h2-5,11,13,15H,6-10,12,14H2,1H3. The summed E-state index contributed by atoms with van der Waals surface area (Å²) in [5.41, 5.74) is 0. The van der Waals surface area contributed by atoms with Crippen LogP contribution in [0.25, 0.3) is 0 Å². The lowest BCUT2D eigenvalue weighted by atomic mass is 9.95. The zero-order chi connectivity index (χ0) is 18.4. The Kier molecular flexibility index (Phi) is 6.46. The number of amides is 2. The summed E-state index contributed by atoms with van der Waals surface area (Å²) in [5, 5.41) is 1.91. The number of hydrogen-bond donors (Lipinski definition) is 0. The first-order valence-corrected chi connectivity index (χ1v) is 9.70. The molecule has 0 radical (unpaired) electrons. The lowest BCUT2D eigenvalue weighted by molar-refractivity contribution is -0.138. The number of thiophene rings is 1. The van der Waals surface area contributed by atoms with Gasteiger partial charge in [-0.1, -0.05) is 6.07 Å². The van der Waals surface area contributed by atoms with Gasteiger partial charge in [0.2, 0.25) is 5.91 Å². The predicted molar refractivity (Wildman–Crippen MR) is 98.9 cm³/mol. The van der Waals surface area contributed by atoms with E-state index in [0.29, 0.717) is 45.6 Å². The quantitative estimate of drug-likeness (QED) is 0.745. The Morgan fingerprint density at radius 3 is 2.73 bits per heavy atom. The van der Waals surface area contributed by atoms with Crippen LogP contribution >= 0.6 is 11.3 Å². The van der Waals surface area contributed by atoms with Gasteiger partial charge in [0, 0.05) is 32.7 Å². The van der Waals surface area contributed by atoms with Gasteiger partial charge in [-0.3, -0.25) is 9.59 Å². The van der Waals surface area contributed by atoms with Crippen LogP contribution in [0, 0.1) is 5.92 Å². The minimum absolute atomic E-state index is 0.0609. The lowest BCUT2D eigenvalue weighted by Gasteiger charge is -2.34. The number of piperidine rings is 1. The molecule has 2 aromatic heterocycles. The number of carbonyl (C=O) groups is 2. The summed E-state index contributed by atoms with van der Waals surface area (Å²) in [5.74, 6) is 0.883. The highest BCUT2D eigenvalue weighted by atomic mass is 32.1. The van der Waals surface area contributed by atoms with E-state index >= 15 is 0 Å². The molecule has 1 fully saturated rings. The summed E-state index contributed by atoms with van der Waals surface area (Å²) in [4.78, 5) is 29.8. The van der Waals surface area contributed by atoms with Gasteiger partial charge in [0.15, 0.2) is 0 Å². The van der Waals surface area contributed by atoms with Gasteiger partial charge in [-0.2, -0.15) is 0 Å². The van der Waals surface area contributed by atoms with Gasteiger partial charge in [-0.05, 0) is 36.4 Å². The molecule has 2 amide bonds. The molecule has 140 valence electrons. The smallest absolute Gasteiger partial charge is 0.263 e. The number of ether oxygens (including phenoxy) is 1. The van der Waals surface area contributed by atoms with Crippen LogP contribution in [0.3, 0.4) is 0 Å². The number of furan rings is 1. The molecular weight excluding hydrogens is 352 g/mol. The van der Waals surface area contributed by atoms with Crippen molar-refractivity contribution >= 4 is 23.2 Å². The van der Waals surface area contributed by atoms with E-state index in [1.807, 2.05) is 34.5 Å². The van der Waals surface area contributed by atoms with Crippen LogP contribution in [-0.4, -0.2) is 55.0 Å². The molecule has 0 aliphatic carbocycles. The predicted octanol–water partition coefficient (Wildman–Crippen LogP) is 2.87. The van der Waals surface area contributed by atoms with Crippen molar-refractivity contribution in [3.05, 3.63) is 46.5 Å². The number of hydrogen-bond acceptors (Lipinski definition) is 5. The molecule has 0 spiro atoms. The highest BCUT2D eigenvalue weighted by molar-refractivity contribution is 7.12. The van der Waals surface area contributed by atoms with E-state index in [-0.39, 0.29) is 17.7 Å². The van der Waals surface area contributed by atoms with Crippen molar-refractivity contribution in [1.82, 2.24) is 9.80 Å². The Hall–Kier alpha value is -2.12. The van der Waals surface area contributed by atoms with Gasteiger partial charge in [0.1, 0.15) is 5.76 Å². The molecule has 0 bridgehead atoms. The Bertz CT molecular complexity index is 691. The normalized spacial score (nSPS) is 15.2. The Morgan fingerprint density at radius 1 is 1.31 bits per heavy atom. The molecule has 3 rings (SSSR count). The molecule has 0 saturated carbocycles. The summed E-state index contributed by atoms with van der Waals surface area (Å²) in [6, 6.07) is 7.43. The average molecular weight is 376 g/mol. The van der Waals surface area contributed by atoms with E-state index in [1.165, 1.54) is 11.3 Å². The second-order valence-corrected chi connectivity index (χ2v) is 7.32. The number of likely N-dealkylation sites (tertiary alicyclic amines) is 1. The van der Waals surface area contributed by atoms with Crippen molar-refractivity contribution < 1.29 is 18.7 Å². The Morgan fingerprint density at radius 2 is 2.12 bits per heavy atom. The monoisotopic (exact) mass is 376 g/mol. The maximum Gasteiger partial charge on any atom is 0.263 e. The van der Waals surface area contributed by atoms with E-state index in [2.05, 4.69) is 0 Å². The van der Waals surface area contributed by atoms with E-state index in [9.17, 15) is 9.59 Å². The van der Waals surface area contributed by atoms with Gasteiger partial charge >= 0.3 is 0 Å². The van der Waals surface area contributed by atoms with Crippen molar-refractivity contribution in [2.75, 3.05) is 33.4 Å². The maximum absolute atomic E-state index is 13.0. The molecule has 1 aliphatic rings. The van der Waals surface area contributed by atoms with Crippen molar-refractivity contribution in [3.8, 4) is 0 Å². The van der Waals surface area contributed by atoms with Gasteiger partial charge in [0.05, 0.1) is 24.3 Å². The SMILES string of the molecule is COCCN(Cc1ccco1)C(=O)C1CCN(C(=O)c2cccs2)CC1. The molecule has 6 nitrogen and oxygen atoms in total. The van der Waals surface area contributed by atoms with Crippen molar-refractivity contribution in [2.24, 2.45) is 5.92 Å². The van der Waals surface area contributed by atoms with Crippen LogP contribution in [0.2, 0.25) is 0 Å². The Labute approximate surface area is 157 Å². The molecule has 0 atom stereocenters. The molecule has 0 N–H and O–H groups in total. The Balaban J connectivity index is 1.57. The highest BCUT2D eigenvalue weighted by Gasteiger charge is 2.31.